The van der Waals surface area contributed by atoms with Crippen molar-refractivity contribution in [1.29, 1.82) is 0 Å². The van der Waals surface area contributed by atoms with Gasteiger partial charge in [-0.2, -0.15) is 0 Å². The minimum atomic E-state index is 0.662. The van der Waals surface area contributed by atoms with E-state index in [0.717, 1.165) is 5.69 Å². The zero-order valence-electron chi connectivity index (χ0n) is 7.18. The minimum Gasteiger partial charge on any atom is -0.329 e. The molecule has 0 aromatic heterocycles. The number of rotatable bonds is 2. The van der Waals surface area contributed by atoms with E-state index in [0.29, 0.717) is 6.41 Å². The molecule has 0 atom stereocenters. The lowest BCUT2D eigenvalue weighted by Gasteiger charge is -1.91. The van der Waals surface area contributed by atoms with E-state index in [1.165, 1.54) is 0 Å². The summed E-state index contributed by atoms with van der Waals surface area (Å²) in [5.74, 6) is 0. The molecule has 0 aliphatic heterocycles. The summed E-state index contributed by atoms with van der Waals surface area (Å²) in [6.07, 6.45) is 0.662. The topological polar surface area (TPSA) is 29.1 Å². The summed E-state index contributed by atoms with van der Waals surface area (Å²) >= 11 is 0. The van der Waals surface area contributed by atoms with E-state index in [1.807, 2.05) is 54.6 Å². The molecule has 0 radical (unpaired) electrons. The van der Waals surface area contributed by atoms with Gasteiger partial charge in [0.05, 0.1) is 0 Å². The number of hydrogen-bond acceptors (Lipinski definition) is 1. The lowest BCUT2D eigenvalue weighted by atomic mass is 10.3. The van der Waals surface area contributed by atoms with Gasteiger partial charge in [-0.3, -0.25) is 4.79 Å². The highest BCUT2D eigenvalue weighted by Gasteiger charge is 1.79. The second-order valence-corrected chi connectivity index (χ2v) is 2.40. The molecule has 0 saturated carbocycles. The number of anilines is 1. The number of hydrogen-bond donors (Lipinski definition) is 1. The van der Waals surface area contributed by atoms with Crippen molar-refractivity contribution in [1.82, 2.24) is 0 Å². The van der Waals surface area contributed by atoms with Crippen molar-refractivity contribution in [2.24, 2.45) is 0 Å². The van der Waals surface area contributed by atoms with Crippen LogP contribution in [-0.4, -0.2) is 6.41 Å². The van der Waals surface area contributed by atoms with Gasteiger partial charge in [-0.1, -0.05) is 42.5 Å². The third-order valence-electron chi connectivity index (χ3n) is 1.44. The maximum absolute atomic E-state index is 10.2. The van der Waals surface area contributed by atoms with E-state index in [-0.39, 0.29) is 0 Å². The highest BCUT2D eigenvalue weighted by Crippen LogP contribution is 1.99. The number of carbonyl (C=O) groups is 1. The maximum Gasteiger partial charge on any atom is 0.211 e. The molecule has 0 heterocycles. The Bertz CT molecular complexity index is 297. The summed E-state index contributed by atoms with van der Waals surface area (Å²) < 4.78 is 0. The van der Waals surface area contributed by atoms with Gasteiger partial charge < -0.3 is 5.32 Å². The van der Waals surface area contributed by atoms with Crippen LogP contribution in [0.5, 0.6) is 0 Å². The van der Waals surface area contributed by atoms with Crippen LogP contribution in [0.3, 0.4) is 0 Å². The first-order chi connectivity index (χ1) is 6.43. The van der Waals surface area contributed by atoms with E-state index >= 15 is 0 Å². The van der Waals surface area contributed by atoms with E-state index in [1.54, 1.807) is 0 Å². The second kappa shape index (κ2) is 5.77. The first-order valence-electron chi connectivity index (χ1n) is 4.02. The molecule has 0 bridgehead atoms. The summed E-state index contributed by atoms with van der Waals surface area (Å²) in [5, 5.41) is 2.58. The molecular weight excluding hydrogens is 162 g/mol. The first kappa shape index (κ1) is 9.26. The monoisotopic (exact) mass is 173 g/mol. The molecule has 1 amide bonds. The van der Waals surface area contributed by atoms with Crippen molar-refractivity contribution in [3.05, 3.63) is 54.6 Å². The van der Waals surface area contributed by atoms with Crippen LogP contribution in [0, 0.1) is 0 Å². The van der Waals surface area contributed by atoms with Gasteiger partial charge in [-0.05, 0) is 12.1 Å². The van der Waals surface area contributed by atoms with Crippen LogP contribution < -0.4 is 5.32 Å². The molecule has 0 fully saturated rings. The van der Waals surface area contributed by atoms with Gasteiger partial charge in [0, 0.05) is 5.69 Å². The van der Waals surface area contributed by atoms with E-state index in [4.69, 9.17) is 0 Å². The fourth-order valence-corrected chi connectivity index (χ4v) is 0.859. The lowest BCUT2D eigenvalue weighted by molar-refractivity contribution is -0.105. The summed E-state index contributed by atoms with van der Waals surface area (Å²) in [6.45, 7) is 0. The van der Waals surface area contributed by atoms with Crippen LogP contribution in [-0.2, 0) is 4.79 Å². The predicted molar refractivity (Wildman–Crippen MR) is 53.8 cm³/mol. The average molecular weight is 173 g/mol. The smallest absolute Gasteiger partial charge is 0.211 e. The summed E-state index contributed by atoms with van der Waals surface area (Å²) in [7, 11) is 0. The van der Waals surface area contributed by atoms with Crippen LogP contribution in [0.1, 0.15) is 0 Å². The van der Waals surface area contributed by atoms with E-state index < -0.39 is 0 Å². The Morgan fingerprint density at radius 2 is 1.31 bits per heavy atom. The third-order valence-corrected chi connectivity index (χ3v) is 1.44. The zero-order chi connectivity index (χ0) is 9.36. The molecule has 2 heteroatoms. The van der Waals surface area contributed by atoms with Crippen LogP contribution in [0.4, 0.5) is 5.69 Å². The number of nitrogens with one attached hydrogen (secondary N) is 1. The molecule has 66 valence electrons. The SMILES string of the molecule is O=CNc1ccccccccc1. The molecule has 1 rings (SSSR count). The highest BCUT2D eigenvalue weighted by atomic mass is 16.1. The molecule has 13 heavy (non-hydrogen) atoms. The molecule has 0 unspecified atom stereocenters. The van der Waals surface area contributed by atoms with Gasteiger partial charge >= 0.3 is 0 Å². The normalized spacial score (nSPS) is 8.31. The van der Waals surface area contributed by atoms with Crippen molar-refractivity contribution in [3.8, 4) is 0 Å². The minimum absolute atomic E-state index is 0.662. The van der Waals surface area contributed by atoms with Crippen LogP contribution in [0.25, 0.3) is 0 Å². The molecule has 0 aliphatic carbocycles. The fourth-order valence-electron chi connectivity index (χ4n) is 0.859. The van der Waals surface area contributed by atoms with E-state index in [9.17, 15) is 4.79 Å². The Morgan fingerprint density at radius 1 is 0.846 bits per heavy atom. The molecule has 1 aromatic carbocycles. The largest absolute Gasteiger partial charge is 0.329 e. The highest BCUT2D eigenvalue weighted by molar-refractivity contribution is 5.70. The van der Waals surface area contributed by atoms with Gasteiger partial charge in [0.15, 0.2) is 0 Å². The first-order valence-corrected chi connectivity index (χ1v) is 4.02. The number of carbonyl (C=O) groups excluding carboxylic acids is 1. The molecule has 0 aliphatic rings. The molecule has 2 nitrogen and oxygen atoms in total. The Balaban J connectivity index is 3.03. The van der Waals surface area contributed by atoms with Crippen LogP contribution >= 0.6 is 0 Å². The quantitative estimate of drug-likeness (QED) is 0.683. The lowest BCUT2D eigenvalue weighted by Crippen LogP contribution is -1.90. The van der Waals surface area contributed by atoms with Crippen molar-refractivity contribution < 1.29 is 4.79 Å². The Morgan fingerprint density at radius 3 is 1.77 bits per heavy atom. The standard InChI is InChI=1S/C11H11NO/c13-10-12-11-8-6-4-2-1-3-5-7-9-11/h1-10H,(H,12,13). The predicted octanol–water partition coefficient (Wildman–Crippen LogP) is 2.38. The third kappa shape index (κ3) is 3.91. The summed E-state index contributed by atoms with van der Waals surface area (Å²) in [6, 6.07) is 17.0. The van der Waals surface area contributed by atoms with E-state index in [2.05, 4.69) is 5.32 Å². The van der Waals surface area contributed by atoms with Gasteiger partial charge in [-0.25, -0.2) is 0 Å². The maximum atomic E-state index is 10.2. The molecule has 0 saturated heterocycles. The van der Waals surface area contributed by atoms with Gasteiger partial charge in [0.2, 0.25) is 6.41 Å². The Labute approximate surface area is 77.5 Å². The molecule has 1 N–H and O–H groups in total. The molecule has 1 aromatic rings. The van der Waals surface area contributed by atoms with Gasteiger partial charge in [-0.15, -0.1) is 0 Å². The van der Waals surface area contributed by atoms with Crippen molar-refractivity contribution in [2.75, 3.05) is 5.32 Å². The van der Waals surface area contributed by atoms with Gasteiger partial charge in [0.1, 0.15) is 0 Å². The Kier molecular flexibility index (Phi) is 4.11. The average Bonchev–Trinajstić information content (AvgIpc) is 2.16. The second-order valence-electron chi connectivity index (χ2n) is 2.40. The van der Waals surface area contributed by atoms with Crippen molar-refractivity contribution in [2.45, 2.75) is 0 Å². The summed E-state index contributed by atoms with van der Waals surface area (Å²) in [5.41, 5.74) is 0.770. The van der Waals surface area contributed by atoms with Crippen LogP contribution in [0.2, 0.25) is 0 Å². The fraction of sp³-hybridized carbons (Fsp3) is 0. The van der Waals surface area contributed by atoms with Crippen molar-refractivity contribution >= 4 is 12.1 Å². The number of amides is 1. The molecule has 0 spiro atoms. The van der Waals surface area contributed by atoms with Gasteiger partial charge in [0.25, 0.3) is 0 Å². The zero-order valence-corrected chi connectivity index (χ0v) is 7.18. The summed E-state index contributed by atoms with van der Waals surface area (Å²) in [4.78, 5) is 10.2. The Hall–Kier alpha value is -1.83. The molecular formula is C11H11NO. The van der Waals surface area contributed by atoms with Crippen molar-refractivity contribution in [3.63, 3.8) is 0 Å². The van der Waals surface area contributed by atoms with Crippen LogP contribution in [0.15, 0.2) is 54.6 Å².